The maximum atomic E-state index is 12.0. The quantitative estimate of drug-likeness (QED) is 0.942. The highest BCUT2D eigenvalue weighted by atomic mass is 35.5. The van der Waals surface area contributed by atoms with Crippen molar-refractivity contribution >= 4 is 29.1 Å². The van der Waals surface area contributed by atoms with Crippen LogP contribution in [0.4, 0.5) is 0 Å². The minimum atomic E-state index is -0.215. The Kier molecular flexibility index (Phi) is 4.68. The summed E-state index contributed by atoms with van der Waals surface area (Å²) in [6, 6.07) is 6.81. The van der Waals surface area contributed by atoms with E-state index in [0.717, 1.165) is 11.4 Å². The molecule has 0 spiro atoms. The molecule has 1 amide bonds. The maximum Gasteiger partial charge on any atom is 0.252 e. The van der Waals surface area contributed by atoms with Gasteiger partial charge in [0, 0.05) is 17.3 Å². The molecule has 1 aromatic carbocycles. The summed E-state index contributed by atoms with van der Waals surface area (Å²) in [5.74, 6) is -0.215. The number of aromatic nitrogens is 2. The summed E-state index contributed by atoms with van der Waals surface area (Å²) >= 11 is 11.8. The molecule has 106 valence electrons. The number of hydrogen-bond donors (Lipinski definition) is 1. The Balaban J connectivity index is 1.94. The summed E-state index contributed by atoms with van der Waals surface area (Å²) in [6.07, 6.45) is 0. The van der Waals surface area contributed by atoms with E-state index < -0.39 is 0 Å². The summed E-state index contributed by atoms with van der Waals surface area (Å²) in [5.41, 5.74) is 2.46. The number of hydrogen-bond acceptors (Lipinski definition) is 2. The molecule has 0 atom stereocenters. The summed E-state index contributed by atoms with van der Waals surface area (Å²) in [7, 11) is 0. The van der Waals surface area contributed by atoms with Crippen molar-refractivity contribution in [1.29, 1.82) is 0 Å². The van der Waals surface area contributed by atoms with Crippen LogP contribution in [0, 0.1) is 13.8 Å². The monoisotopic (exact) mass is 311 g/mol. The zero-order valence-corrected chi connectivity index (χ0v) is 12.8. The lowest BCUT2D eigenvalue weighted by Crippen LogP contribution is -2.28. The van der Waals surface area contributed by atoms with Crippen molar-refractivity contribution in [2.75, 3.05) is 6.54 Å². The molecule has 0 aliphatic carbocycles. The molecular weight excluding hydrogens is 297 g/mol. The lowest BCUT2D eigenvalue weighted by atomic mass is 10.2. The maximum absolute atomic E-state index is 12.0. The largest absolute Gasteiger partial charge is 0.350 e. The standard InChI is InChI=1S/C14H15Cl2N3O/c1-9-7-10(2)19(18-9)6-5-17-14(20)12-4-3-11(15)8-13(12)16/h3-4,7-8H,5-6H2,1-2H3,(H,17,20). The highest BCUT2D eigenvalue weighted by Crippen LogP contribution is 2.20. The van der Waals surface area contributed by atoms with E-state index in [-0.39, 0.29) is 5.91 Å². The number of carbonyl (C=O) groups excluding carboxylic acids is 1. The normalized spacial score (nSPS) is 10.6. The van der Waals surface area contributed by atoms with Gasteiger partial charge in [0.1, 0.15) is 0 Å². The third-order valence-corrected chi connectivity index (χ3v) is 3.44. The summed E-state index contributed by atoms with van der Waals surface area (Å²) in [6.45, 7) is 5.03. The fraction of sp³-hybridized carbons (Fsp3) is 0.286. The minimum Gasteiger partial charge on any atom is -0.350 e. The average molecular weight is 312 g/mol. The molecule has 4 nitrogen and oxygen atoms in total. The Hall–Kier alpha value is -1.52. The van der Waals surface area contributed by atoms with E-state index in [0.29, 0.717) is 28.7 Å². The molecule has 1 N–H and O–H groups in total. The Morgan fingerprint density at radius 2 is 2.05 bits per heavy atom. The molecule has 0 radical (unpaired) electrons. The number of aryl methyl sites for hydroxylation is 2. The number of benzene rings is 1. The van der Waals surface area contributed by atoms with Crippen LogP contribution in [0.5, 0.6) is 0 Å². The Labute approximate surface area is 127 Å². The first-order chi connectivity index (χ1) is 9.47. The van der Waals surface area contributed by atoms with Gasteiger partial charge in [-0.1, -0.05) is 23.2 Å². The second-order valence-corrected chi connectivity index (χ2v) is 5.37. The average Bonchev–Trinajstić information content (AvgIpc) is 2.67. The number of halogens is 2. The van der Waals surface area contributed by atoms with Crippen LogP contribution in [0.1, 0.15) is 21.7 Å². The van der Waals surface area contributed by atoms with Crippen LogP contribution in [0.2, 0.25) is 10.0 Å². The van der Waals surface area contributed by atoms with E-state index in [2.05, 4.69) is 10.4 Å². The smallest absolute Gasteiger partial charge is 0.252 e. The van der Waals surface area contributed by atoms with Gasteiger partial charge < -0.3 is 5.32 Å². The van der Waals surface area contributed by atoms with Crippen molar-refractivity contribution in [2.24, 2.45) is 0 Å². The summed E-state index contributed by atoms with van der Waals surface area (Å²) in [5, 5.41) is 8.00. The van der Waals surface area contributed by atoms with Crippen molar-refractivity contribution in [2.45, 2.75) is 20.4 Å². The highest BCUT2D eigenvalue weighted by molar-refractivity contribution is 6.36. The van der Waals surface area contributed by atoms with Gasteiger partial charge in [-0.2, -0.15) is 5.10 Å². The van der Waals surface area contributed by atoms with Gasteiger partial charge in [-0.3, -0.25) is 9.48 Å². The van der Waals surface area contributed by atoms with Crippen LogP contribution in [0.15, 0.2) is 24.3 Å². The first kappa shape index (κ1) is 14.9. The summed E-state index contributed by atoms with van der Waals surface area (Å²) < 4.78 is 1.86. The topological polar surface area (TPSA) is 46.9 Å². The number of amides is 1. The van der Waals surface area contributed by atoms with Gasteiger partial charge in [-0.05, 0) is 38.1 Å². The molecule has 2 rings (SSSR count). The van der Waals surface area contributed by atoms with Gasteiger partial charge in [0.2, 0.25) is 0 Å². The molecule has 6 heteroatoms. The van der Waals surface area contributed by atoms with Crippen LogP contribution >= 0.6 is 23.2 Å². The summed E-state index contributed by atoms with van der Waals surface area (Å²) in [4.78, 5) is 12.0. The molecule has 0 saturated carbocycles. The van der Waals surface area contributed by atoms with E-state index in [1.165, 1.54) is 0 Å². The Bertz CT molecular complexity index is 637. The molecule has 0 aliphatic rings. The third-order valence-electron chi connectivity index (χ3n) is 2.89. The number of nitrogens with zero attached hydrogens (tertiary/aromatic N) is 2. The first-order valence-corrected chi connectivity index (χ1v) is 6.97. The van der Waals surface area contributed by atoms with Crippen LogP contribution < -0.4 is 5.32 Å². The number of rotatable bonds is 4. The molecule has 0 bridgehead atoms. The molecular formula is C14H15Cl2N3O. The number of nitrogens with one attached hydrogen (secondary N) is 1. The molecule has 1 heterocycles. The molecule has 0 fully saturated rings. The van der Waals surface area contributed by atoms with Gasteiger partial charge >= 0.3 is 0 Å². The predicted octanol–water partition coefficient (Wildman–Crippen LogP) is 3.24. The fourth-order valence-electron chi connectivity index (χ4n) is 1.95. The molecule has 0 unspecified atom stereocenters. The van der Waals surface area contributed by atoms with Crippen LogP contribution in [0.3, 0.4) is 0 Å². The van der Waals surface area contributed by atoms with Gasteiger partial charge in [0.05, 0.1) is 22.8 Å². The van der Waals surface area contributed by atoms with E-state index in [4.69, 9.17) is 23.2 Å². The molecule has 0 aliphatic heterocycles. The van der Waals surface area contributed by atoms with Crippen LogP contribution in [0.25, 0.3) is 0 Å². The van der Waals surface area contributed by atoms with Crippen molar-refractivity contribution in [3.63, 3.8) is 0 Å². The van der Waals surface area contributed by atoms with Crippen LogP contribution in [-0.2, 0) is 6.54 Å². The third kappa shape index (κ3) is 3.52. The van der Waals surface area contributed by atoms with Crippen LogP contribution in [-0.4, -0.2) is 22.2 Å². The predicted molar refractivity (Wildman–Crippen MR) is 80.5 cm³/mol. The van der Waals surface area contributed by atoms with Crippen molar-refractivity contribution < 1.29 is 4.79 Å². The zero-order chi connectivity index (χ0) is 14.7. The number of carbonyl (C=O) groups is 1. The van der Waals surface area contributed by atoms with Gasteiger partial charge in [0.25, 0.3) is 5.91 Å². The van der Waals surface area contributed by atoms with Gasteiger partial charge in [-0.15, -0.1) is 0 Å². The van der Waals surface area contributed by atoms with E-state index in [9.17, 15) is 4.79 Å². The SMILES string of the molecule is Cc1cc(C)n(CCNC(=O)c2ccc(Cl)cc2Cl)n1. The van der Waals surface area contributed by atoms with Crippen molar-refractivity contribution in [3.8, 4) is 0 Å². The van der Waals surface area contributed by atoms with E-state index in [1.807, 2.05) is 24.6 Å². The Morgan fingerprint density at radius 3 is 2.65 bits per heavy atom. The van der Waals surface area contributed by atoms with E-state index >= 15 is 0 Å². The van der Waals surface area contributed by atoms with Gasteiger partial charge in [-0.25, -0.2) is 0 Å². The Morgan fingerprint density at radius 1 is 1.30 bits per heavy atom. The molecule has 0 saturated heterocycles. The molecule has 1 aromatic heterocycles. The lowest BCUT2D eigenvalue weighted by Gasteiger charge is -2.08. The molecule has 2 aromatic rings. The fourth-order valence-corrected chi connectivity index (χ4v) is 2.44. The molecule has 20 heavy (non-hydrogen) atoms. The van der Waals surface area contributed by atoms with Gasteiger partial charge in [0.15, 0.2) is 0 Å². The van der Waals surface area contributed by atoms with Crippen molar-refractivity contribution in [3.05, 3.63) is 51.3 Å². The zero-order valence-electron chi connectivity index (χ0n) is 11.3. The highest BCUT2D eigenvalue weighted by Gasteiger charge is 2.10. The second kappa shape index (κ2) is 6.29. The first-order valence-electron chi connectivity index (χ1n) is 6.21. The van der Waals surface area contributed by atoms with Crippen molar-refractivity contribution in [1.82, 2.24) is 15.1 Å². The van der Waals surface area contributed by atoms with E-state index in [1.54, 1.807) is 18.2 Å². The lowest BCUT2D eigenvalue weighted by molar-refractivity contribution is 0.0952. The minimum absolute atomic E-state index is 0.215. The second-order valence-electron chi connectivity index (χ2n) is 4.53.